The van der Waals surface area contributed by atoms with Crippen molar-refractivity contribution < 1.29 is 4.42 Å². The van der Waals surface area contributed by atoms with Gasteiger partial charge in [0.25, 0.3) is 5.56 Å². The Morgan fingerprint density at radius 3 is 2.95 bits per heavy atom. The maximum atomic E-state index is 11.5. The predicted octanol–water partition coefficient (Wildman–Crippen LogP) is 2.66. The molecule has 0 radical (unpaired) electrons. The van der Waals surface area contributed by atoms with E-state index >= 15 is 0 Å². The summed E-state index contributed by atoms with van der Waals surface area (Å²) in [6.45, 7) is 2.71. The molecule has 0 aromatic carbocycles. The van der Waals surface area contributed by atoms with Gasteiger partial charge in [0.1, 0.15) is 10.8 Å². The molecule has 1 aliphatic heterocycles. The Morgan fingerprint density at radius 2 is 2.23 bits per heavy atom. The summed E-state index contributed by atoms with van der Waals surface area (Å²) in [6.07, 6.45) is 6.89. The summed E-state index contributed by atoms with van der Waals surface area (Å²) in [4.78, 5) is 13.9. The van der Waals surface area contributed by atoms with Gasteiger partial charge in [0.2, 0.25) is 0 Å². The summed E-state index contributed by atoms with van der Waals surface area (Å²) < 4.78 is 5.59. The predicted molar refractivity (Wildman–Crippen MR) is 85.2 cm³/mol. The van der Waals surface area contributed by atoms with Crippen LogP contribution in [0.1, 0.15) is 31.1 Å². The highest BCUT2D eigenvalue weighted by Crippen LogP contribution is 2.26. The number of hydrogen-bond donors (Lipinski definition) is 2. The average Bonchev–Trinajstić information content (AvgIpc) is 3.07. The number of furan rings is 1. The topological polar surface area (TPSA) is 74.2 Å². The Kier molecular flexibility index (Phi) is 4.80. The number of likely N-dealkylation sites (tertiary alicyclic amines) is 1. The normalized spacial score (nSPS) is 17.3. The summed E-state index contributed by atoms with van der Waals surface area (Å²) >= 11 is 6.00. The molecule has 3 rings (SSSR count). The van der Waals surface area contributed by atoms with E-state index in [1.54, 1.807) is 6.26 Å². The number of aromatic amines is 1. The van der Waals surface area contributed by atoms with Gasteiger partial charge in [-0.15, -0.1) is 0 Å². The summed E-state index contributed by atoms with van der Waals surface area (Å²) in [5, 5.41) is 9.44. The van der Waals surface area contributed by atoms with E-state index in [1.807, 2.05) is 12.1 Å². The molecule has 2 aromatic heterocycles. The molecule has 0 unspecified atom stereocenters. The van der Waals surface area contributed by atoms with Crippen molar-refractivity contribution in [3.63, 3.8) is 0 Å². The molecular weight excluding hydrogens is 304 g/mol. The van der Waals surface area contributed by atoms with Gasteiger partial charge >= 0.3 is 0 Å². The minimum atomic E-state index is -0.390. The highest BCUT2D eigenvalue weighted by Gasteiger charge is 2.24. The lowest BCUT2D eigenvalue weighted by atomic mass is 10.1. The van der Waals surface area contributed by atoms with E-state index in [1.165, 1.54) is 25.5 Å². The number of rotatable bonds is 5. The van der Waals surface area contributed by atoms with Crippen molar-refractivity contribution in [1.82, 2.24) is 15.1 Å². The van der Waals surface area contributed by atoms with Crippen LogP contribution in [0.15, 0.2) is 33.8 Å². The smallest absolute Gasteiger partial charge is 0.285 e. The van der Waals surface area contributed by atoms with Crippen LogP contribution in [0, 0.1) is 0 Å². The number of H-pyrrole nitrogens is 1. The van der Waals surface area contributed by atoms with Crippen LogP contribution < -0.4 is 10.9 Å². The molecule has 6 nitrogen and oxygen atoms in total. The summed E-state index contributed by atoms with van der Waals surface area (Å²) in [5.74, 6) is 0.920. The van der Waals surface area contributed by atoms with Gasteiger partial charge < -0.3 is 9.73 Å². The number of anilines is 1. The second kappa shape index (κ2) is 6.98. The molecule has 2 N–H and O–H groups in total. The van der Waals surface area contributed by atoms with Crippen LogP contribution in [0.2, 0.25) is 5.02 Å². The second-order valence-electron chi connectivity index (χ2n) is 5.44. The molecule has 1 aliphatic rings. The monoisotopic (exact) mass is 322 g/mol. The third-order valence-electron chi connectivity index (χ3n) is 3.98. The Hall–Kier alpha value is -1.79. The van der Waals surface area contributed by atoms with Crippen molar-refractivity contribution >= 4 is 17.3 Å². The summed E-state index contributed by atoms with van der Waals surface area (Å²) in [5.41, 5.74) is 0.151. The molecule has 0 spiro atoms. The standard InChI is InChI=1S/C15H19ClN4O2/c16-14-11(9-18-19-15(14)21)17-10-12(13-5-4-8-22-13)20-6-2-1-3-7-20/h4-5,8-9,12H,1-3,6-7,10H2,(H2,17,19,21)/t12-/m0/s1. The van der Waals surface area contributed by atoms with Crippen molar-refractivity contribution in [1.29, 1.82) is 0 Å². The van der Waals surface area contributed by atoms with Crippen molar-refractivity contribution in [3.05, 3.63) is 45.7 Å². The molecule has 2 aromatic rings. The van der Waals surface area contributed by atoms with E-state index in [-0.39, 0.29) is 16.6 Å². The third kappa shape index (κ3) is 3.34. The largest absolute Gasteiger partial charge is 0.468 e. The SMILES string of the molecule is O=c1[nH]ncc(NC[C@@H](c2ccco2)N2CCCCC2)c1Cl. The Morgan fingerprint density at radius 1 is 1.41 bits per heavy atom. The van der Waals surface area contributed by atoms with Gasteiger partial charge in [-0.3, -0.25) is 9.69 Å². The number of halogens is 1. The van der Waals surface area contributed by atoms with Crippen molar-refractivity contribution in [2.24, 2.45) is 0 Å². The van der Waals surface area contributed by atoms with Crippen molar-refractivity contribution in [3.8, 4) is 0 Å². The first-order valence-electron chi connectivity index (χ1n) is 7.50. The molecule has 118 valence electrons. The summed E-state index contributed by atoms with van der Waals surface area (Å²) in [6, 6.07) is 4.00. The first-order chi connectivity index (χ1) is 10.8. The van der Waals surface area contributed by atoms with Crippen LogP contribution >= 0.6 is 11.6 Å². The molecule has 1 atom stereocenters. The van der Waals surface area contributed by atoms with E-state index in [9.17, 15) is 4.79 Å². The minimum Gasteiger partial charge on any atom is -0.468 e. The van der Waals surface area contributed by atoms with E-state index in [0.29, 0.717) is 12.2 Å². The molecule has 7 heteroatoms. The van der Waals surface area contributed by atoms with Gasteiger partial charge in [-0.1, -0.05) is 18.0 Å². The third-order valence-corrected chi connectivity index (χ3v) is 4.36. The lowest BCUT2D eigenvalue weighted by Gasteiger charge is -2.33. The van der Waals surface area contributed by atoms with Crippen LogP contribution in [0.3, 0.4) is 0 Å². The number of hydrogen-bond acceptors (Lipinski definition) is 5. The van der Waals surface area contributed by atoms with Crippen LogP contribution in [0.25, 0.3) is 0 Å². The highest BCUT2D eigenvalue weighted by molar-refractivity contribution is 6.32. The van der Waals surface area contributed by atoms with Crippen molar-refractivity contribution in [2.75, 3.05) is 25.0 Å². The van der Waals surface area contributed by atoms with Gasteiger partial charge in [-0.05, 0) is 38.1 Å². The zero-order valence-corrected chi connectivity index (χ0v) is 13.0. The molecule has 0 amide bonds. The number of nitrogens with one attached hydrogen (secondary N) is 2. The second-order valence-corrected chi connectivity index (χ2v) is 5.81. The average molecular weight is 323 g/mol. The first kappa shape index (κ1) is 15.1. The zero-order valence-electron chi connectivity index (χ0n) is 12.2. The number of nitrogens with zero attached hydrogens (tertiary/aromatic N) is 2. The van der Waals surface area contributed by atoms with Gasteiger partial charge in [-0.2, -0.15) is 5.10 Å². The quantitative estimate of drug-likeness (QED) is 0.885. The Labute approximate surface area is 133 Å². The maximum Gasteiger partial charge on any atom is 0.285 e. The van der Waals surface area contributed by atoms with Crippen molar-refractivity contribution in [2.45, 2.75) is 25.3 Å². The van der Waals surface area contributed by atoms with E-state index in [4.69, 9.17) is 16.0 Å². The van der Waals surface area contributed by atoms with Crippen LogP contribution in [-0.4, -0.2) is 34.7 Å². The minimum absolute atomic E-state index is 0.116. The number of piperidine rings is 1. The van der Waals surface area contributed by atoms with Crippen LogP contribution in [0.5, 0.6) is 0 Å². The fraction of sp³-hybridized carbons (Fsp3) is 0.467. The molecule has 0 bridgehead atoms. The van der Waals surface area contributed by atoms with Gasteiger partial charge in [0.05, 0.1) is 24.2 Å². The fourth-order valence-corrected chi connectivity index (χ4v) is 2.99. The molecule has 1 saturated heterocycles. The molecule has 22 heavy (non-hydrogen) atoms. The molecule has 1 fully saturated rings. The fourth-order valence-electron chi connectivity index (χ4n) is 2.83. The van der Waals surface area contributed by atoms with Gasteiger partial charge in [-0.25, -0.2) is 5.10 Å². The van der Waals surface area contributed by atoms with Gasteiger partial charge in [0, 0.05) is 6.54 Å². The number of aromatic nitrogens is 2. The first-order valence-corrected chi connectivity index (χ1v) is 7.88. The van der Waals surface area contributed by atoms with E-state index < -0.39 is 0 Å². The van der Waals surface area contributed by atoms with Crippen LogP contribution in [-0.2, 0) is 0 Å². The lowest BCUT2D eigenvalue weighted by Crippen LogP contribution is -2.37. The molecular formula is C15H19ClN4O2. The van der Waals surface area contributed by atoms with Gasteiger partial charge in [0.15, 0.2) is 0 Å². The molecule has 3 heterocycles. The Bertz CT molecular complexity index is 650. The lowest BCUT2D eigenvalue weighted by molar-refractivity contribution is 0.153. The molecule has 0 aliphatic carbocycles. The maximum absolute atomic E-state index is 11.5. The van der Waals surface area contributed by atoms with Crippen LogP contribution in [0.4, 0.5) is 5.69 Å². The highest BCUT2D eigenvalue weighted by atomic mass is 35.5. The molecule has 0 saturated carbocycles. The Balaban J connectivity index is 1.75. The van der Waals surface area contributed by atoms with E-state index in [2.05, 4.69) is 20.4 Å². The summed E-state index contributed by atoms with van der Waals surface area (Å²) in [7, 11) is 0. The zero-order chi connectivity index (χ0) is 15.4. The van der Waals surface area contributed by atoms with E-state index in [0.717, 1.165) is 18.8 Å².